The average molecular weight is 361 g/mol. The number of benzene rings is 1. The Morgan fingerprint density at radius 3 is 2.28 bits per heavy atom. The number of hydrogen-bond acceptors (Lipinski definition) is 2. The third-order valence-electron chi connectivity index (χ3n) is 2.88. The molecule has 0 aliphatic rings. The van der Waals surface area contributed by atoms with Crippen molar-refractivity contribution in [3.8, 4) is 0 Å². The summed E-state index contributed by atoms with van der Waals surface area (Å²) in [6.45, 7) is 9.23. The van der Waals surface area contributed by atoms with E-state index in [0.29, 0.717) is 6.54 Å². The number of hydrogen-bond donors (Lipinski definition) is 2. The predicted molar refractivity (Wildman–Crippen MR) is 85.7 cm³/mol. The highest BCUT2D eigenvalue weighted by Crippen LogP contribution is 2.21. The molecule has 3 heteroatoms. The lowest BCUT2D eigenvalue weighted by molar-refractivity contribution is 0.117. The van der Waals surface area contributed by atoms with Crippen LogP contribution in [0.5, 0.6) is 0 Å². The Balaban J connectivity index is 2.41. The van der Waals surface area contributed by atoms with Crippen LogP contribution in [0.4, 0.5) is 0 Å². The molecule has 0 bridgehead atoms. The van der Waals surface area contributed by atoms with E-state index in [1.807, 2.05) is 0 Å². The Hall–Kier alpha value is -0.130. The molecule has 0 fully saturated rings. The first kappa shape index (κ1) is 15.9. The number of halogens is 1. The first-order valence-electron chi connectivity index (χ1n) is 6.45. The van der Waals surface area contributed by atoms with Crippen LogP contribution in [0.1, 0.15) is 45.7 Å². The molecule has 102 valence electrons. The predicted octanol–water partition coefficient (Wildman–Crippen LogP) is 3.74. The van der Waals surface area contributed by atoms with Gasteiger partial charge in [0, 0.05) is 16.2 Å². The van der Waals surface area contributed by atoms with Crippen LogP contribution in [0, 0.1) is 8.99 Å². The molecular formula is C15H24INO. The van der Waals surface area contributed by atoms with Gasteiger partial charge in [-0.15, -0.1) is 0 Å². The quantitative estimate of drug-likeness (QED) is 0.784. The second-order valence-electron chi connectivity index (χ2n) is 6.10. The Labute approximate surface area is 124 Å². The number of nitrogens with one attached hydrogen (secondary N) is 1. The highest BCUT2D eigenvalue weighted by atomic mass is 127. The van der Waals surface area contributed by atoms with E-state index in [9.17, 15) is 5.11 Å². The Morgan fingerprint density at radius 1 is 1.22 bits per heavy atom. The standard InChI is InChI=1S/C15H24INO/c1-11(12-5-7-13(16)8-6-12)17-10-14(18)9-15(2,3)4/h5-8,11,14,17-18H,9-10H2,1-4H3. The van der Waals surface area contributed by atoms with Crippen molar-refractivity contribution in [3.63, 3.8) is 0 Å². The highest BCUT2D eigenvalue weighted by molar-refractivity contribution is 14.1. The van der Waals surface area contributed by atoms with Gasteiger partial charge in [-0.1, -0.05) is 32.9 Å². The van der Waals surface area contributed by atoms with Crippen molar-refractivity contribution in [2.75, 3.05) is 6.54 Å². The molecule has 2 atom stereocenters. The fourth-order valence-electron chi connectivity index (χ4n) is 1.96. The van der Waals surface area contributed by atoms with Gasteiger partial charge in [-0.25, -0.2) is 0 Å². The van der Waals surface area contributed by atoms with E-state index in [2.05, 4.69) is 79.9 Å². The van der Waals surface area contributed by atoms with Crippen LogP contribution in [0.2, 0.25) is 0 Å². The molecule has 2 N–H and O–H groups in total. The van der Waals surface area contributed by atoms with E-state index in [1.165, 1.54) is 9.13 Å². The van der Waals surface area contributed by atoms with Gasteiger partial charge in [0.05, 0.1) is 6.10 Å². The first-order chi connectivity index (χ1) is 8.28. The van der Waals surface area contributed by atoms with Crippen molar-refractivity contribution in [1.29, 1.82) is 0 Å². The number of aliphatic hydroxyl groups excluding tert-OH is 1. The van der Waals surface area contributed by atoms with Crippen LogP contribution < -0.4 is 5.32 Å². The maximum atomic E-state index is 9.96. The molecule has 0 spiro atoms. The lowest BCUT2D eigenvalue weighted by atomic mass is 9.89. The fourth-order valence-corrected chi connectivity index (χ4v) is 2.32. The Kier molecular flexibility index (Phi) is 6.08. The van der Waals surface area contributed by atoms with Crippen molar-refractivity contribution < 1.29 is 5.11 Å². The van der Waals surface area contributed by atoms with E-state index in [0.717, 1.165) is 6.42 Å². The molecule has 0 heterocycles. The molecule has 0 amide bonds. The highest BCUT2D eigenvalue weighted by Gasteiger charge is 2.17. The maximum absolute atomic E-state index is 9.96. The molecule has 1 aromatic rings. The van der Waals surface area contributed by atoms with E-state index >= 15 is 0 Å². The van der Waals surface area contributed by atoms with Gasteiger partial charge in [-0.3, -0.25) is 0 Å². The van der Waals surface area contributed by atoms with Crippen LogP contribution in [0.15, 0.2) is 24.3 Å². The van der Waals surface area contributed by atoms with Crippen molar-refractivity contribution in [2.45, 2.75) is 46.3 Å². The molecule has 0 aromatic heterocycles. The lowest BCUT2D eigenvalue weighted by Crippen LogP contribution is -2.31. The van der Waals surface area contributed by atoms with Crippen molar-refractivity contribution in [2.24, 2.45) is 5.41 Å². The molecule has 18 heavy (non-hydrogen) atoms. The molecule has 0 saturated carbocycles. The second kappa shape index (κ2) is 6.87. The fraction of sp³-hybridized carbons (Fsp3) is 0.600. The largest absolute Gasteiger partial charge is 0.392 e. The summed E-state index contributed by atoms with van der Waals surface area (Å²) in [5, 5.41) is 13.3. The summed E-state index contributed by atoms with van der Waals surface area (Å²) in [5.74, 6) is 0. The van der Waals surface area contributed by atoms with Crippen molar-refractivity contribution >= 4 is 22.6 Å². The van der Waals surface area contributed by atoms with Crippen LogP contribution in [0.3, 0.4) is 0 Å². The number of aliphatic hydroxyl groups is 1. The Bertz CT molecular complexity index is 356. The number of rotatable bonds is 5. The zero-order valence-electron chi connectivity index (χ0n) is 11.7. The third-order valence-corrected chi connectivity index (χ3v) is 3.60. The molecule has 2 unspecified atom stereocenters. The van der Waals surface area contributed by atoms with Gasteiger partial charge in [0.2, 0.25) is 0 Å². The lowest BCUT2D eigenvalue weighted by Gasteiger charge is -2.24. The average Bonchev–Trinajstić information content (AvgIpc) is 2.24. The molecule has 1 aromatic carbocycles. The van der Waals surface area contributed by atoms with Crippen LogP contribution in [0.25, 0.3) is 0 Å². The monoisotopic (exact) mass is 361 g/mol. The summed E-state index contributed by atoms with van der Waals surface area (Å²) >= 11 is 2.31. The summed E-state index contributed by atoms with van der Waals surface area (Å²) < 4.78 is 1.25. The van der Waals surface area contributed by atoms with Gasteiger partial charge in [-0.2, -0.15) is 0 Å². The maximum Gasteiger partial charge on any atom is 0.0669 e. The minimum Gasteiger partial charge on any atom is -0.392 e. The van der Waals surface area contributed by atoms with E-state index in [4.69, 9.17) is 0 Å². The topological polar surface area (TPSA) is 32.3 Å². The molecule has 0 aliphatic carbocycles. The summed E-state index contributed by atoms with van der Waals surface area (Å²) in [6, 6.07) is 8.77. The smallest absolute Gasteiger partial charge is 0.0669 e. The molecule has 0 aliphatic heterocycles. The van der Waals surface area contributed by atoms with Gasteiger partial charge in [-0.05, 0) is 59.0 Å². The van der Waals surface area contributed by atoms with Gasteiger partial charge in [0.25, 0.3) is 0 Å². The van der Waals surface area contributed by atoms with Gasteiger partial charge in [0.1, 0.15) is 0 Å². The molecule has 2 nitrogen and oxygen atoms in total. The third kappa shape index (κ3) is 6.16. The first-order valence-corrected chi connectivity index (χ1v) is 7.53. The normalized spacial score (nSPS) is 15.4. The summed E-state index contributed by atoms with van der Waals surface area (Å²) in [6.07, 6.45) is 0.538. The minimum atomic E-state index is -0.281. The van der Waals surface area contributed by atoms with Crippen LogP contribution in [-0.4, -0.2) is 17.8 Å². The Morgan fingerprint density at radius 2 is 1.78 bits per heavy atom. The summed E-state index contributed by atoms with van der Waals surface area (Å²) in [7, 11) is 0. The molecule has 0 radical (unpaired) electrons. The molecule has 0 saturated heterocycles. The van der Waals surface area contributed by atoms with Gasteiger partial charge < -0.3 is 10.4 Å². The van der Waals surface area contributed by atoms with Gasteiger partial charge in [0.15, 0.2) is 0 Å². The van der Waals surface area contributed by atoms with Crippen molar-refractivity contribution in [1.82, 2.24) is 5.32 Å². The zero-order valence-corrected chi connectivity index (χ0v) is 13.9. The minimum absolute atomic E-state index is 0.174. The summed E-state index contributed by atoms with van der Waals surface area (Å²) in [5.41, 5.74) is 1.44. The van der Waals surface area contributed by atoms with Crippen LogP contribution >= 0.6 is 22.6 Å². The SMILES string of the molecule is CC(NCC(O)CC(C)(C)C)c1ccc(I)cc1. The van der Waals surface area contributed by atoms with Crippen molar-refractivity contribution in [3.05, 3.63) is 33.4 Å². The van der Waals surface area contributed by atoms with E-state index < -0.39 is 0 Å². The van der Waals surface area contributed by atoms with E-state index in [1.54, 1.807) is 0 Å². The molecule has 1 rings (SSSR count). The second-order valence-corrected chi connectivity index (χ2v) is 7.35. The summed E-state index contributed by atoms with van der Waals surface area (Å²) in [4.78, 5) is 0. The van der Waals surface area contributed by atoms with Crippen LogP contribution in [-0.2, 0) is 0 Å². The van der Waals surface area contributed by atoms with Gasteiger partial charge >= 0.3 is 0 Å². The van der Waals surface area contributed by atoms with E-state index in [-0.39, 0.29) is 17.6 Å². The zero-order chi connectivity index (χ0) is 13.8. The molecular weight excluding hydrogens is 337 g/mol.